The van der Waals surface area contributed by atoms with E-state index in [-0.39, 0.29) is 12.2 Å². The Kier molecular flexibility index (Phi) is 3.56. The molecule has 2 N–H and O–H groups in total. The minimum atomic E-state index is -1.31. The second kappa shape index (κ2) is 5.53. The second-order valence-electron chi connectivity index (χ2n) is 4.99. The lowest BCUT2D eigenvalue weighted by molar-refractivity contribution is 0.0329. The Hall–Kier alpha value is -2.80. The van der Waals surface area contributed by atoms with Crippen molar-refractivity contribution < 1.29 is 23.3 Å². The molecule has 114 valence electrons. The van der Waals surface area contributed by atoms with Crippen LogP contribution >= 0.6 is 0 Å². The molecule has 0 aromatic carbocycles. The minimum Gasteiger partial charge on any atom is -0.466 e. The van der Waals surface area contributed by atoms with E-state index in [9.17, 15) is 9.90 Å². The Labute approximate surface area is 125 Å². The summed E-state index contributed by atoms with van der Waals surface area (Å²) in [6.07, 6.45) is 2.96. The zero-order valence-corrected chi connectivity index (χ0v) is 11.8. The summed E-state index contributed by atoms with van der Waals surface area (Å²) in [5.74, 6) is 0.736. The van der Waals surface area contributed by atoms with Crippen LogP contribution in [0.2, 0.25) is 0 Å². The summed E-state index contributed by atoms with van der Waals surface area (Å²) in [5, 5.41) is 16.5. The van der Waals surface area contributed by atoms with E-state index in [1.54, 1.807) is 31.2 Å². The van der Waals surface area contributed by atoms with E-state index in [1.165, 1.54) is 18.6 Å². The van der Waals surface area contributed by atoms with Crippen LogP contribution in [-0.2, 0) is 5.60 Å². The molecule has 0 radical (unpaired) electrons. The molecule has 1 unspecified atom stereocenters. The highest BCUT2D eigenvalue weighted by Gasteiger charge is 2.27. The first-order valence-electron chi connectivity index (χ1n) is 6.61. The third-order valence-electron chi connectivity index (χ3n) is 3.15. The molecule has 3 aromatic rings. The van der Waals surface area contributed by atoms with E-state index in [2.05, 4.69) is 10.5 Å². The first-order valence-corrected chi connectivity index (χ1v) is 6.61. The standard InChI is InChI=1S/C15H14N2O5/c1-15(19,13-5-3-7-21-13)9-16-14(18)10-8-12(22-17-10)11-4-2-6-20-11/h2-8,19H,9H2,1H3,(H,16,18). The summed E-state index contributed by atoms with van der Waals surface area (Å²) >= 11 is 0. The number of amides is 1. The van der Waals surface area contributed by atoms with Gasteiger partial charge in [-0.15, -0.1) is 0 Å². The van der Waals surface area contributed by atoms with Crippen molar-refractivity contribution in [1.82, 2.24) is 10.5 Å². The van der Waals surface area contributed by atoms with Crippen LogP contribution in [0.1, 0.15) is 23.2 Å². The molecule has 7 nitrogen and oxygen atoms in total. The summed E-state index contributed by atoms with van der Waals surface area (Å²) in [6.45, 7) is 1.52. The average Bonchev–Trinajstić information content (AvgIpc) is 3.26. The van der Waals surface area contributed by atoms with Gasteiger partial charge < -0.3 is 23.8 Å². The van der Waals surface area contributed by atoms with Gasteiger partial charge in [-0.1, -0.05) is 5.16 Å². The van der Waals surface area contributed by atoms with Crippen LogP contribution in [0.5, 0.6) is 0 Å². The molecule has 1 atom stereocenters. The van der Waals surface area contributed by atoms with Crippen LogP contribution in [0.25, 0.3) is 11.5 Å². The normalized spacial score (nSPS) is 13.7. The summed E-state index contributed by atoms with van der Waals surface area (Å²) in [7, 11) is 0. The van der Waals surface area contributed by atoms with Gasteiger partial charge in [-0.2, -0.15) is 0 Å². The van der Waals surface area contributed by atoms with Gasteiger partial charge in [0.1, 0.15) is 11.4 Å². The van der Waals surface area contributed by atoms with Gasteiger partial charge in [0.25, 0.3) is 5.91 Å². The Morgan fingerprint density at radius 3 is 2.73 bits per heavy atom. The number of hydrogen-bond donors (Lipinski definition) is 2. The SMILES string of the molecule is CC(O)(CNC(=O)c1cc(-c2ccco2)on1)c1ccco1. The lowest BCUT2D eigenvalue weighted by Gasteiger charge is -2.20. The quantitative estimate of drug-likeness (QED) is 0.749. The van der Waals surface area contributed by atoms with Gasteiger partial charge in [-0.25, -0.2) is 0 Å². The van der Waals surface area contributed by atoms with Gasteiger partial charge in [-0.05, 0) is 31.2 Å². The molecule has 0 aliphatic carbocycles. The van der Waals surface area contributed by atoms with Gasteiger partial charge in [-0.3, -0.25) is 4.79 Å². The van der Waals surface area contributed by atoms with Gasteiger partial charge in [0.2, 0.25) is 5.76 Å². The van der Waals surface area contributed by atoms with Gasteiger partial charge in [0, 0.05) is 6.07 Å². The van der Waals surface area contributed by atoms with Crippen LogP contribution in [0.4, 0.5) is 0 Å². The van der Waals surface area contributed by atoms with Crippen LogP contribution in [0.3, 0.4) is 0 Å². The van der Waals surface area contributed by atoms with Crippen molar-refractivity contribution in [2.24, 2.45) is 0 Å². The lowest BCUT2D eigenvalue weighted by atomic mass is 10.0. The number of nitrogens with one attached hydrogen (secondary N) is 1. The molecule has 7 heteroatoms. The fourth-order valence-corrected chi connectivity index (χ4v) is 1.93. The van der Waals surface area contributed by atoms with E-state index in [4.69, 9.17) is 13.4 Å². The first kappa shape index (κ1) is 14.2. The Morgan fingerprint density at radius 1 is 1.27 bits per heavy atom. The van der Waals surface area contributed by atoms with E-state index in [0.717, 1.165) is 0 Å². The van der Waals surface area contributed by atoms with Gasteiger partial charge in [0.05, 0.1) is 19.1 Å². The van der Waals surface area contributed by atoms with Crippen molar-refractivity contribution >= 4 is 5.91 Å². The molecule has 0 aliphatic rings. The molecule has 3 aromatic heterocycles. The van der Waals surface area contributed by atoms with Crippen LogP contribution < -0.4 is 5.32 Å². The molecule has 3 heterocycles. The molecule has 1 amide bonds. The molecular weight excluding hydrogens is 288 g/mol. The Balaban J connectivity index is 1.65. The van der Waals surface area contributed by atoms with Crippen molar-refractivity contribution in [3.8, 4) is 11.5 Å². The summed E-state index contributed by atoms with van der Waals surface area (Å²) in [5.41, 5.74) is -1.21. The third-order valence-corrected chi connectivity index (χ3v) is 3.15. The van der Waals surface area contributed by atoms with Crippen LogP contribution in [0, 0.1) is 0 Å². The fourth-order valence-electron chi connectivity index (χ4n) is 1.93. The second-order valence-corrected chi connectivity index (χ2v) is 4.99. The Morgan fingerprint density at radius 2 is 2.05 bits per heavy atom. The fraction of sp³-hybridized carbons (Fsp3) is 0.200. The molecular formula is C15H14N2O5. The minimum absolute atomic E-state index is 0.0255. The number of hydrogen-bond acceptors (Lipinski definition) is 6. The first-order chi connectivity index (χ1) is 10.6. The molecule has 0 spiro atoms. The molecule has 22 heavy (non-hydrogen) atoms. The van der Waals surface area contributed by atoms with E-state index < -0.39 is 11.5 Å². The maximum absolute atomic E-state index is 12.0. The highest BCUT2D eigenvalue weighted by molar-refractivity contribution is 5.92. The zero-order chi connectivity index (χ0) is 15.6. The number of furan rings is 2. The highest BCUT2D eigenvalue weighted by Crippen LogP contribution is 2.22. The predicted molar refractivity (Wildman–Crippen MR) is 74.8 cm³/mol. The van der Waals surface area contributed by atoms with E-state index in [0.29, 0.717) is 17.3 Å². The average molecular weight is 302 g/mol. The smallest absolute Gasteiger partial charge is 0.273 e. The number of aromatic nitrogens is 1. The molecule has 3 rings (SSSR count). The number of nitrogens with zero attached hydrogens (tertiary/aromatic N) is 1. The largest absolute Gasteiger partial charge is 0.466 e. The summed E-state index contributed by atoms with van der Waals surface area (Å²) < 4.78 is 15.3. The third kappa shape index (κ3) is 2.79. The molecule has 0 aliphatic heterocycles. The van der Waals surface area contributed by atoms with Gasteiger partial charge in [0.15, 0.2) is 11.5 Å². The van der Waals surface area contributed by atoms with Crippen molar-refractivity contribution in [1.29, 1.82) is 0 Å². The van der Waals surface area contributed by atoms with Crippen molar-refractivity contribution in [2.75, 3.05) is 6.54 Å². The van der Waals surface area contributed by atoms with Crippen molar-refractivity contribution in [3.05, 3.63) is 54.3 Å². The van der Waals surface area contributed by atoms with Crippen LogP contribution in [0.15, 0.2) is 56.2 Å². The number of carbonyl (C=O) groups is 1. The topological polar surface area (TPSA) is 102 Å². The molecule has 0 bridgehead atoms. The zero-order valence-electron chi connectivity index (χ0n) is 11.8. The Bertz CT molecular complexity index is 741. The van der Waals surface area contributed by atoms with E-state index in [1.807, 2.05) is 0 Å². The summed E-state index contributed by atoms with van der Waals surface area (Å²) in [6, 6.07) is 8.17. The maximum atomic E-state index is 12.0. The molecule has 0 saturated heterocycles. The van der Waals surface area contributed by atoms with E-state index >= 15 is 0 Å². The molecule has 0 saturated carbocycles. The lowest BCUT2D eigenvalue weighted by Crippen LogP contribution is -2.38. The predicted octanol–water partition coefficient (Wildman–Crippen LogP) is 2.17. The van der Waals surface area contributed by atoms with Crippen molar-refractivity contribution in [2.45, 2.75) is 12.5 Å². The van der Waals surface area contributed by atoms with Crippen molar-refractivity contribution in [3.63, 3.8) is 0 Å². The van der Waals surface area contributed by atoms with Gasteiger partial charge >= 0.3 is 0 Å². The monoisotopic (exact) mass is 302 g/mol. The maximum Gasteiger partial charge on any atom is 0.273 e. The number of rotatable bonds is 5. The molecule has 0 fully saturated rings. The number of carbonyl (C=O) groups excluding carboxylic acids is 1. The summed E-state index contributed by atoms with van der Waals surface area (Å²) in [4.78, 5) is 12.0. The van der Waals surface area contributed by atoms with Crippen LogP contribution in [-0.4, -0.2) is 22.7 Å². The highest BCUT2D eigenvalue weighted by atomic mass is 16.5. The number of aliphatic hydroxyl groups is 1.